The topological polar surface area (TPSA) is 101 Å². The van der Waals surface area contributed by atoms with Gasteiger partial charge in [-0.05, 0) is 36.4 Å². The molecule has 38 heavy (non-hydrogen) atoms. The van der Waals surface area contributed by atoms with Gasteiger partial charge in [-0.15, -0.1) is 0 Å². The highest BCUT2D eigenvalue weighted by Gasteiger charge is 2.26. The third kappa shape index (κ3) is 5.34. The van der Waals surface area contributed by atoms with Crippen LogP contribution in [-0.2, 0) is 11.3 Å². The summed E-state index contributed by atoms with van der Waals surface area (Å²) in [6, 6.07) is 16.9. The molecule has 4 rings (SSSR count). The summed E-state index contributed by atoms with van der Waals surface area (Å²) >= 11 is 0. The molecule has 10 heteroatoms. The van der Waals surface area contributed by atoms with E-state index in [9.17, 15) is 14.3 Å². The van der Waals surface area contributed by atoms with Crippen LogP contribution in [0.15, 0.2) is 60.7 Å². The summed E-state index contributed by atoms with van der Waals surface area (Å²) in [5.74, 6) is 0.170. The van der Waals surface area contributed by atoms with Crippen LogP contribution in [0.1, 0.15) is 5.56 Å². The zero-order valence-electron chi connectivity index (χ0n) is 21.4. The second-order valence-corrected chi connectivity index (χ2v) is 8.09. The largest absolute Gasteiger partial charge is 0.496 e. The average Bonchev–Trinajstić information content (AvgIpc) is 3.34. The number of aliphatic carboxylic acids is 1. The molecule has 0 bridgehead atoms. The Kier molecular flexibility index (Phi) is 8.00. The van der Waals surface area contributed by atoms with E-state index >= 15 is 0 Å². The van der Waals surface area contributed by atoms with Crippen molar-refractivity contribution in [2.75, 3.05) is 35.0 Å². The second kappa shape index (κ2) is 11.5. The fraction of sp³-hybridized carbons (Fsp3) is 0.214. The third-order valence-electron chi connectivity index (χ3n) is 5.83. The van der Waals surface area contributed by atoms with Gasteiger partial charge in [-0.1, -0.05) is 18.2 Å². The van der Waals surface area contributed by atoms with Crippen LogP contribution in [0.2, 0.25) is 0 Å². The van der Waals surface area contributed by atoms with Gasteiger partial charge in [0.05, 0.1) is 46.2 Å². The van der Waals surface area contributed by atoms with Crippen molar-refractivity contribution in [1.82, 2.24) is 9.78 Å². The molecule has 1 N–H and O–H groups in total. The number of hydrogen-bond acceptors (Lipinski definition) is 7. The lowest BCUT2D eigenvalue weighted by Crippen LogP contribution is -2.11. The van der Waals surface area contributed by atoms with Gasteiger partial charge in [0.1, 0.15) is 23.0 Å². The van der Waals surface area contributed by atoms with Gasteiger partial charge < -0.3 is 28.8 Å². The van der Waals surface area contributed by atoms with E-state index in [0.717, 1.165) is 5.56 Å². The summed E-state index contributed by atoms with van der Waals surface area (Å²) < 4.78 is 43.3. The molecule has 1 heterocycles. The Morgan fingerprint density at radius 1 is 0.868 bits per heavy atom. The number of nitrogens with zero attached hydrogens (tertiary/aromatic N) is 2. The summed E-state index contributed by atoms with van der Waals surface area (Å²) in [7, 11) is 5.96. The number of aromatic nitrogens is 2. The van der Waals surface area contributed by atoms with Crippen molar-refractivity contribution in [3.63, 3.8) is 0 Å². The van der Waals surface area contributed by atoms with Gasteiger partial charge in [0.25, 0.3) is 0 Å². The zero-order chi connectivity index (χ0) is 27.2. The van der Waals surface area contributed by atoms with E-state index in [1.807, 2.05) is 24.3 Å². The molecular weight excluding hydrogens is 495 g/mol. The molecule has 0 atom stereocenters. The summed E-state index contributed by atoms with van der Waals surface area (Å²) in [6.07, 6.45) is 0. The maximum atomic E-state index is 13.7. The number of halogens is 1. The lowest BCUT2D eigenvalue weighted by Gasteiger charge is -2.18. The SMILES string of the molecule is COc1ccccc1Cn1nc(-c2c(OCC(=O)O)cc(OC)c(OC)c2OC)cc1-c1ccc(F)cc1. The number of para-hydroxylation sites is 1. The number of methoxy groups -OCH3 is 4. The first-order chi connectivity index (χ1) is 18.4. The summed E-state index contributed by atoms with van der Waals surface area (Å²) in [5.41, 5.74) is 3.04. The van der Waals surface area contributed by atoms with Crippen LogP contribution in [-0.4, -0.2) is 55.9 Å². The van der Waals surface area contributed by atoms with Gasteiger partial charge in [0.15, 0.2) is 18.1 Å². The van der Waals surface area contributed by atoms with Gasteiger partial charge >= 0.3 is 5.97 Å². The van der Waals surface area contributed by atoms with E-state index in [1.54, 1.807) is 30.0 Å². The second-order valence-electron chi connectivity index (χ2n) is 8.09. The molecule has 0 radical (unpaired) electrons. The molecule has 0 spiro atoms. The normalized spacial score (nSPS) is 10.7. The molecule has 0 aliphatic rings. The van der Waals surface area contributed by atoms with Gasteiger partial charge in [-0.25, -0.2) is 9.18 Å². The van der Waals surface area contributed by atoms with Gasteiger partial charge in [0.2, 0.25) is 5.75 Å². The van der Waals surface area contributed by atoms with Crippen LogP contribution in [0.25, 0.3) is 22.5 Å². The average molecular weight is 523 g/mol. The highest BCUT2D eigenvalue weighted by molar-refractivity contribution is 5.83. The number of benzene rings is 3. The van der Waals surface area contributed by atoms with Crippen molar-refractivity contribution in [2.24, 2.45) is 0 Å². The number of hydrogen-bond donors (Lipinski definition) is 1. The number of carboxylic acids is 1. The fourth-order valence-corrected chi connectivity index (χ4v) is 4.14. The highest BCUT2D eigenvalue weighted by Crippen LogP contribution is 2.50. The minimum absolute atomic E-state index is 0.175. The fourth-order valence-electron chi connectivity index (χ4n) is 4.14. The van der Waals surface area contributed by atoms with Crippen molar-refractivity contribution >= 4 is 5.97 Å². The first-order valence-electron chi connectivity index (χ1n) is 11.5. The van der Waals surface area contributed by atoms with E-state index in [-0.39, 0.29) is 23.1 Å². The molecule has 0 saturated carbocycles. The van der Waals surface area contributed by atoms with Crippen molar-refractivity contribution in [2.45, 2.75) is 6.54 Å². The molecule has 9 nitrogen and oxygen atoms in total. The quantitative estimate of drug-likeness (QED) is 0.297. The zero-order valence-corrected chi connectivity index (χ0v) is 21.4. The molecule has 1 aromatic heterocycles. The molecule has 0 saturated heterocycles. The van der Waals surface area contributed by atoms with E-state index in [0.29, 0.717) is 40.6 Å². The van der Waals surface area contributed by atoms with E-state index in [1.165, 1.54) is 39.5 Å². The Labute approximate surface area is 218 Å². The Hall–Kier alpha value is -4.73. The van der Waals surface area contributed by atoms with Gasteiger partial charge in [-0.3, -0.25) is 4.68 Å². The summed E-state index contributed by atoms with van der Waals surface area (Å²) in [5, 5.41) is 14.1. The Morgan fingerprint density at radius 2 is 1.55 bits per heavy atom. The Balaban J connectivity index is 1.95. The predicted octanol–water partition coefficient (Wildman–Crippen LogP) is 4.90. The smallest absolute Gasteiger partial charge is 0.341 e. The van der Waals surface area contributed by atoms with Crippen LogP contribution in [0.3, 0.4) is 0 Å². The molecule has 3 aromatic carbocycles. The van der Waals surface area contributed by atoms with E-state index in [4.69, 9.17) is 28.8 Å². The molecule has 198 valence electrons. The van der Waals surface area contributed by atoms with Gasteiger partial charge in [0, 0.05) is 17.2 Å². The molecule has 0 aliphatic heterocycles. The van der Waals surface area contributed by atoms with E-state index < -0.39 is 12.6 Å². The number of ether oxygens (including phenoxy) is 5. The first-order valence-corrected chi connectivity index (χ1v) is 11.5. The van der Waals surface area contributed by atoms with Crippen LogP contribution in [0.4, 0.5) is 4.39 Å². The van der Waals surface area contributed by atoms with Gasteiger partial charge in [-0.2, -0.15) is 5.10 Å². The van der Waals surface area contributed by atoms with Crippen molar-refractivity contribution in [3.05, 3.63) is 72.0 Å². The Bertz CT molecular complexity index is 1430. The van der Waals surface area contributed by atoms with E-state index in [2.05, 4.69) is 0 Å². The molecule has 0 amide bonds. The molecule has 0 fully saturated rings. The molecule has 0 aliphatic carbocycles. The lowest BCUT2D eigenvalue weighted by molar-refractivity contribution is -0.139. The first kappa shape index (κ1) is 26.3. The van der Waals surface area contributed by atoms with Crippen molar-refractivity contribution < 1.29 is 38.0 Å². The molecular formula is C28H27FN2O7. The molecule has 0 unspecified atom stereocenters. The van der Waals surface area contributed by atoms with Crippen LogP contribution < -0.4 is 23.7 Å². The summed E-state index contributed by atoms with van der Waals surface area (Å²) in [6.45, 7) is -0.268. The van der Waals surface area contributed by atoms with Crippen molar-refractivity contribution in [3.8, 4) is 51.3 Å². The maximum Gasteiger partial charge on any atom is 0.341 e. The van der Waals surface area contributed by atoms with Crippen LogP contribution in [0.5, 0.6) is 28.7 Å². The van der Waals surface area contributed by atoms with Crippen molar-refractivity contribution in [1.29, 1.82) is 0 Å². The number of carboxylic acid groups (broad SMARTS) is 1. The minimum atomic E-state index is -1.15. The van der Waals surface area contributed by atoms with Crippen LogP contribution in [0, 0.1) is 5.82 Å². The lowest BCUT2D eigenvalue weighted by atomic mass is 10.1. The Morgan fingerprint density at radius 3 is 2.18 bits per heavy atom. The maximum absolute atomic E-state index is 13.7. The highest BCUT2D eigenvalue weighted by atomic mass is 19.1. The molecule has 4 aromatic rings. The monoisotopic (exact) mass is 522 g/mol. The number of carbonyl (C=O) groups is 1. The minimum Gasteiger partial charge on any atom is -0.496 e. The summed E-state index contributed by atoms with van der Waals surface area (Å²) in [4.78, 5) is 11.3. The van der Waals surface area contributed by atoms with Crippen LogP contribution >= 0.6 is 0 Å². The third-order valence-corrected chi connectivity index (χ3v) is 5.83. The number of rotatable bonds is 11. The standard InChI is InChI=1S/C28H27FN2O7/c1-34-22-8-6-5-7-18(22)15-31-21(17-9-11-19(29)12-10-17)13-20(30-31)26-23(38-16-25(32)33)14-24(35-2)27(36-3)28(26)37-4/h5-14H,15-16H2,1-4H3,(H,32,33). The predicted molar refractivity (Wildman–Crippen MR) is 138 cm³/mol.